The second-order valence-corrected chi connectivity index (χ2v) is 5.91. The van der Waals surface area contributed by atoms with Crippen molar-refractivity contribution in [2.24, 2.45) is 10.8 Å². The van der Waals surface area contributed by atoms with Gasteiger partial charge in [0.1, 0.15) is 0 Å². The van der Waals surface area contributed by atoms with Crippen molar-refractivity contribution >= 4 is 17.8 Å². The van der Waals surface area contributed by atoms with Crippen molar-refractivity contribution in [1.82, 2.24) is 10.7 Å². The fourth-order valence-electron chi connectivity index (χ4n) is 2.19. The van der Waals surface area contributed by atoms with Gasteiger partial charge < -0.3 is 5.73 Å². The number of carbonyl (C=O) groups is 2. The van der Waals surface area contributed by atoms with Crippen molar-refractivity contribution in [3.8, 4) is 0 Å². The third kappa shape index (κ3) is 15.1. The van der Waals surface area contributed by atoms with Crippen molar-refractivity contribution in [2.75, 3.05) is 0 Å². The van der Waals surface area contributed by atoms with Gasteiger partial charge in [0.15, 0.2) is 0 Å². The average Bonchev–Trinajstić information content (AvgIpc) is 2.52. The molecule has 23 heavy (non-hydrogen) atoms. The minimum atomic E-state index is -0.168. The Hall–Kier alpha value is -1.59. The Morgan fingerprint density at radius 3 is 1.78 bits per heavy atom. The van der Waals surface area contributed by atoms with E-state index in [1.807, 2.05) is 0 Å². The van der Waals surface area contributed by atoms with E-state index >= 15 is 0 Å². The molecule has 6 heteroatoms. The first-order valence-corrected chi connectivity index (χ1v) is 9.02. The molecule has 0 aromatic heterocycles. The summed E-state index contributed by atoms with van der Waals surface area (Å²) in [6.07, 6.45) is 11.8. The van der Waals surface area contributed by atoms with Crippen LogP contribution in [0.15, 0.2) is 5.10 Å². The highest BCUT2D eigenvalue weighted by Crippen LogP contribution is 2.05. The van der Waals surface area contributed by atoms with Gasteiger partial charge in [-0.05, 0) is 12.8 Å². The fraction of sp³-hybridized carbons (Fsp3) is 0.824. The van der Waals surface area contributed by atoms with Gasteiger partial charge in [0.05, 0.1) is 0 Å². The fourth-order valence-corrected chi connectivity index (χ4v) is 2.19. The lowest BCUT2D eigenvalue weighted by Gasteiger charge is -2.05. The number of guanidine groups is 1. The molecule has 4 N–H and O–H groups in total. The van der Waals surface area contributed by atoms with Crippen molar-refractivity contribution < 1.29 is 9.59 Å². The first kappa shape index (κ1) is 21.4. The van der Waals surface area contributed by atoms with Gasteiger partial charge in [-0.25, -0.2) is 5.43 Å². The van der Waals surface area contributed by atoms with Crippen LogP contribution in [0.5, 0.6) is 0 Å². The SMILES string of the molecule is CCCCCCCC(=O)N/N=C(\N)NC(=O)CCCCCCC. The van der Waals surface area contributed by atoms with Crippen LogP contribution in [0.4, 0.5) is 0 Å². The van der Waals surface area contributed by atoms with Gasteiger partial charge in [-0.3, -0.25) is 14.9 Å². The highest BCUT2D eigenvalue weighted by Gasteiger charge is 2.04. The minimum absolute atomic E-state index is 0.0529. The monoisotopic (exact) mass is 326 g/mol. The molecule has 0 aliphatic carbocycles. The maximum atomic E-state index is 11.6. The molecule has 0 spiro atoms. The summed E-state index contributed by atoms with van der Waals surface area (Å²) in [7, 11) is 0. The summed E-state index contributed by atoms with van der Waals surface area (Å²) in [6.45, 7) is 4.31. The number of rotatable bonds is 13. The Morgan fingerprint density at radius 2 is 1.26 bits per heavy atom. The molecule has 0 bridgehead atoms. The molecule has 0 unspecified atom stereocenters. The smallest absolute Gasteiger partial charge is 0.240 e. The van der Waals surface area contributed by atoms with Gasteiger partial charge in [-0.15, -0.1) is 5.10 Å². The molecule has 0 aromatic rings. The Balaban J connectivity index is 3.71. The van der Waals surface area contributed by atoms with Gasteiger partial charge in [0, 0.05) is 12.8 Å². The van der Waals surface area contributed by atoms with E-state index in [9.17, 15) is 9.59 Å². The first-order valence-electron chi connectivity index (χ1n) is 9.02. The van der Waals surface area contributed by atoms with Crippen LogP contribution in [-0.2, 0) is 9.59 Å². The van der Waals surface area contributed by atoms with E-state index < -0.39 is 0 Å². The number of unbranched alkanes of at least 4 members (excludes halogenated alkanes) is 8. The second kappa shape index (κ2) is 15.3. The van der Waals surface area contributed by atoms with Crippen molar-refractivity contribution in [3.05, 3.63) is 0 Å². The Kier molecular flexibility index (Phi) is 14.3. The number of nitrogens with zero attached hydrogens (tertiary/aromatic N) is 1. The normalized spacial score (nSPS) is 11.3. The zero-order valence-electron chi connectivity index (χ0n) is 14.8. The number of hydrogen-bond donors (Lipinski definition) is 3. The molecule has 0 saturated carbocycles. The van der Waals surface area contributed by atoms with Gasteiger partial charge >= 0.3 is 0 Å². The van der Waals surface area contributed by atoms with Crippen molar-refractivity contribution in [2.45, 2.75) is 90.9 Å². The number of nitrogens with two attached hydrogens (primary N) is 1. The van der Waals surface area contributed by atoms with Crippen LogP contribution in [0.25, 0.3) is 0 Å². The quantitative estimate of drug-likeness (QED) is 0.210. The van der Waals surface area contributed by atoms with E-state index in [0.29, 0.717) is 12.8 Å². The van der Waals surface area contributed by atoms with Crippen LogP contribution < -0.4 is 16.5 Å². The number of hydrogen-bond acceptors (Lipinski definition) is 3. The molecule has 0 aromatic carbocycles. The summed E-state index contributed by atoms with van der Waals surface area (Å²) in [4.78, 5) is 23.2. The zero-order chi connectivity index (χ0) is 17.3. The Labute approximate surface area is 140 Å². The first-order chi connectivity index (χ1) is 11.1. The summed E-state index contributed by atoms with van der Waals surface area (Å²) in [6, 6.07) is 0. The lowest BCUT2D eigenvalue weighted by atomic mass is 10.1. The van der Waals surface area contributed by atoms with Gasteiger partial charge in [-0.1, -0.05) is 65.2 Å². The van der Waals surface area contributed by atoms with E-state index in [0.717, 1.165) is 38.5 Å². The van der Waals surface area contributed by atoms with Crippen LogP contribution in [0.2, 0.25) is 0 Å². The highest BCUT2D eigenvalue weighted by molar-refractivity contribution is 5.96. The average molecular weight is 326 g/mol. The van der Waals surface area contributed by atoms with Crippen LogP contribution in [0, 0.1) is 0 Å². The van der Waals surface area contributed by atoms with E-state index in [2.05, 4.69) is 29.7 Å². The molecule has 0 atom stereocenters. The third-order valence-electron chi connectivity index (χ3n) is 3.58. The van der Waals surface area contributed by atoms with Gasteiger partial charge in [0.2, 0.25) is 17.8 Å². The molecule has 0 aliphatic rings. The van der Waals surface area contributed by atoms with Crippen LogP contribution >= 0.6 is 0 Å². The Bertz CT molecular complexity index is 357. The van der Waals surface area contributed by atoms with Crippen LogP contribution in [0.3, 0.4) is 0 Å². The lowest BCUT2D eigenvalue weighted by molar-refractivity contribution is -0.121. The van der Waals surface area contributed by atoms with Crippen molar-refractivity contribution in [3.63, 3.8) is 0 Å². The molecule has 134 valence electrons. The summed E-state index contributed by atoms with van der Waals surface area (Å²) >= 11 is 0. The lowest BCUT2D eigenvalue weighted by Crippen LogP contribution is -2.38. The summed E-state index contributed by atoms with van der Waals surface area (Å²) < 4.78 is 0. The molecule has 0 heterocycles. The largest absolute Gasteiger partial charge is 0.368 e. The number of hydrazone groups is 1. The molecule has 0 saturated heterocycles. The van der Waals surface area contributed by atoms with Crippen LogP contribution in [0.1, 0.15) is 90.9 Å². The molecule has 0 aliphatic heterocycles. The molecule has 0 fully saturated rings. The second-order valence-electron chi connectivity index (χ2n) is 5.91. The van der Waals surface area contributed by atoms with Crippen LogP contribution in [-0.4, -0.2) is 17.8 Å². The predicted octanol–water partition coefficient (Wildman–Crippen LogP) is 3.17. The highest BCUT2D eigenvalue weighted by atomic mass is 16.2. The molecular formula is C17H34N4O2. The van der Waals surface area contributed by atoms with E-state index in [1.54, 1.807) is 0 Å². The molecule has 2 amide bonds. The van der Waals surface area contributed by atoms with Crippen molar-refractivity contribution in [1.29, 1.82) is 0 Å². The standard InChI is InChI=1S/C17H34N4O2/c1-3-5-7-9-11-13-15(22)19-17(18)21-20-16(23)14-12-10-8-6-4-2/h3-14H2,1-2H3,(H,20,23)(H3,18,19,21,22). The van der Waals surface area contributed by atoms with E-state index in [-0.39, 0.29) is 17.8 Å². The zero-order valence-corrected chi connectivity index (χ0v) is 14.8. The molecule has 6 nitrogen and oxygen atoms in total. The van der Waals surface area contributed by atoms with E-state index in [1.165, 1.54) is 25.7 Å². The van der Waals surface area contributed by atoms with Gasteiger partial charge in [0.25, 0.3) is 0 Å². The Morgan fingerprint density at radius 1 is 0.783 bits per heavy atom. The molecule has 0 radical (unpaired) electrons. The molecular weight excluding hydrogens is 292 g/mol. The maximum Gasteiger partial charge on any atom is 0.240 e. The number of amides is 2. The summed E-state index contributed by atoms with van der Waals surface area (Å²) in [5, 5.41) is 6.18. The summed E-state index contributed by atoms with van der Waals surface area (Å²) in [5.41, 5.74) is 7.94. The summed E-state index contributed by atoms with van der Waals surface area (Å²) in [5.74, 6) is -0.377. The predicted molar refractivity (Wildman–Crippen MR) is 94.7 cm³/mol. The number of carbonyl (C=O) groups excluding carboxylic acids is 2. The third-order valence-corrected chi connectivity index (χ3v) is 3.58. The topological polar surface area (TPSA) is 96.6 Å². The minimum Gasteiger partial charge on any atom is -0.368 e. The van der Waals surface area contributed by atoms with Gasteiger partial charge in [-0.2, -0.15) is 0 Å². The maximum absolute atomic E-state index is 11.6. The van der Waals surface area contributed by atoms with E-state index in [4.69, 9.17) is 5.73 Å². The number of nitrogens with one attached hydrogen (secondary N) is 2. The molecule has 0 rings (SSSR count).